The first-order valence-electron chi connectivity index (χ1n) is 9.70. The molecule has 0 saturated heterocycles. The number of nitrogens with one attached hydrogen (secondary N) is 3. The zero-order chi connectivity index (χ0) is 22.2. The number of halogens is 2. The molecule has 0 aliphatic rings. The first-order valence-corrected chi connectivity index (χ1v) is 9.70. The number of hydrogen-bond donors (Lipinski definition) is 3. The molecule has 1 atom stereocenters. The highest BCUT2D eigenvalue weighted by molar-refractivity contribution is 14.0. The number of rotatable bonds is 7. The van der Waals surface area contributed by atoms with E-state index in [0.717, 1.165) is 5.56 Å². The minimum absolute atomic E-state index is 0. The molecule has 0 aromatic heterocycles. The van der Waals surface area contributed by atoms with Crippen LogP contribution < -0.4 is 16.0 Å². The first-order chi connectivity index (χ1) is 13.3. The van der Waals surface area contributed by atoms with Crippen LogP contribution in [0.2, 0.25) is 0 Å². The van der Waals surface area contributed by atoms with Gasteiger partial charge in [0.2, 0.25) is 0 Å². The van der Waals surface area contributed by atoms with E-state index in [4.69, 9.17) is 4.74 Å². The molecule has 0 fully saturated rings. The van der Waals surface area contributed by atoms with Gasteiger partial charge in [-0.1, -0.05) is 12.1 Å². The predicted molar refractivity (Wildman–Crippen MR) is 131 cm³/mol. The van der Waals surface area contributed by atoms with Gasteiger partial charge in [-0.25, -0.2) is 9.18 Å². The lowest BCUT2D eigenvalue weighted by molar-refractivity contribution is 0.0474. The van der Waals surface area contributed by atoms with Crippen molar-refractivity contribution in [1.82, 2.24) is 20.9 Å². The molecule has 3 N–H and O–H groups in total. The van der Waals surface area contributed by atoms with E-state index in [1.54, 1.807) is 19.2 Å². The molecule has 9 heteroatoms. The van der Waals surface area contributed by atoms with Gasteiger partial charge < -0.3 is 25.6 Å². The molecule has 0 spiro atoms. The zero-order valence-corrected chi connectivity index (χ0v) is 21.6. The highest BCUT2D eigenvalue weighted by Gasteiger charge is 2.25. The minimum atomic E-state index is -0.549. The standard InChI is InChI=1S/C21H36FN5O2.HI/c1-20(2,3)29-19(28)26-21(4,5)14-25-18(23-6)24-13-17(27(7)8)15-9-11-16(22)12-10-15;/h9-12,17H,13-14H2,1-8H3,(H,26,28)(H2,23,24,25);1H. The van der Waals surface area contributed by atoms with Gasteiger partial charge in [-0.2, -0.15) is 0 Å². The van der Waals surface area contributed by atoms with Crippen LogP contribution in [0.15, 0.2) is 29.3 Å². The van der Waals surface area contributed by atoms with Crippen LogP contribution >= 0.6 is 24.0 Å². The number of alkyl carbamates (subject to hydrolysis) is 1. The van der Waals surface area contributed by atoms with Crippen LogP contribution in [0.25, 0.3) is 0 Å². The maximum atomic E-state index is 13.2. The van der Waals surface area contributed by atoms with Crippen molar-refractivity contribution >= 4 is 36.0 Å². The van der Waals surface area contributed by atoms with Crippen LogP contribution in [0.5, 0.6) is 0 Å². The van der Waals surface area contributed by atoms with Crippen molar-refractivity contribution < 1.29 is 13.9 Å². The maximum absolute atomic E-state index is 13.2. The second-order valence-corrected chi connectivity index (χ2v) is 8.85. The highest BCUT2D eigenvalue weighted by atomic mass is 127. The molecule has 0 aliphatic carbocycles. The lowest BCUT2D eigenvalue weighted by Crippen LogP contribution is -2.54. The second kappa shape index (κ2) is 12.3. The highest BCUT2D eigenvalue weighted by Crippen LogP contribution is 2.17. The number of guanidine groups is 1. The quantitative estimate of drug-likeness (QED) is 0.282. The number of carbonyl (C=O) groups excluding carboxylic acids is 1. The number of aliphatic imine (C=N–C) groups is 1. The fraction of sp³-hybridized carbons (Fsp3) is 0.619. The summed E-state index contributed by atoms with van der Waals surface area (Å²) in [6.07, 6.45) is -0.462. The Kier molecular flexibility index (Phi) is 11.6. The van der Waals surface area contributed by atoms with Gasteiger partial charge >= 0.3 is 6.09 Å². The van der Waals surface area contributed by atoms with Crippen molar-refractivity contribution in [2.24, 2.45) is 4.99 Å². The molecule has 1 unspecified atom stereocenters. The Morgan fingerprint density at radius 3 is 2.17 bits per heavy atom. The van der Waals surface area contributed by atoms with Gasteiger partial charge in [0.15, 0.2) is 5.96 Å². The largest absolute Gasteiger partial charge is 0.444 e. The normalized spacial score (nSPS) is 13.3. The molecule has 0 heterocycles. The van der Waals surface area contributed by atoms with Crippen LogP contribution in [-0.2, 0) is 4.74 Å². The predicted octanol–water partition coefficient (Wildman–Crippen LogP) is 3.51. The summed E-state index contributed by atoms with van der Waals surface area (Å²) in [7, 11) is 5.63. The van der Waals surface area contributed by atoms with Crippen LogP contribution in [0, 0.1) is 5.82 Å². The lowest BCUT2D eigenvalue weighted by atomic mass is 10.1. The summed E-state index contributed by atoms with van der Waals surface area (Å²) in [6, 6.07) is 6.53. The molecule has 1 aromatic rings. The first kappa shape index (κ1) is 28.4. The van der Waals surface area contributed by atoms with E-state index in [-0.39, 0.29) is 35.8 Å². The van der Waals surface area contributed by atoms with Crippen LogP contribution in [0.4, 0.5) is 9.18 Å². The number of ether oxygens (including phenoxy) is 1. The lowest BCUT2D eigenvalue weighted by Gasteiger charge is -2.30. The molecule has 0 aliphatic heterocycles. The Morgan fingerprint density at radius 1 is 1.13 bits per heavy atom. The van der Waals surface area contributed by atoms with Gasteiger partial charge in [0.25, 0.3) is 0 Å². The molecular weight excluding hydrogens is 500 g/mol. The van der Waals surface area contributed by atoms with Crippen molar-refractivity contribution in [3.05, 3.63) is 35.6 Å². The summed E-state index contributed by atoms with van der Waals surface area (Å²) < 4.78 is 18.5. The van der Waals surface area contributed by atoms with E-state index in [0.29, 0.717) is 19.0 Å². The molecule has 172 valence electrons. The summed E-state index contributed by atoms with van der Waals surface area (Å²) in [5.41, 5.74) is -0.0869. The van der Waals surface area contributed by atoms with Crippen LogP contribution in [0.1, 0.15) is 46.2 Å². The third-order valence-electron chi connectivity index (χ3n) is 4.10. The fourth-order valence-electron chi connectivity index (χ4n) is 2.63. The molecule has 7 nitrogen and oxygen atoms in total. The van der Waals surface area contributed by atoms with Gasteiger partial charge in [-0.05, 0) is 66.4 Å². The van der Waals surface area contributed by atoms with Gasteiger partial charge in [0.1, 0.15) is 11.4 Å². The van der Waals surface area contributed by atoms with Gasteiger partial charge in [0, 0.05) is 20.1 Å². The molecule has 1 rings (SSSR count). The van der Waals surface area contributed by atoms with Crippen LogP contribution in [-0.4, -0.2) is 62.3 Å². The van der Waals surface area contributed by atoms with Gasteiger partial charge in [-0.3, -0.25) is 4.99 Å². The third-order valence-corrected chi connectivity index (χ3v) is 4.10. The van der Waals surface area contributed by atoms with Crippen molar-refractivity contribution in [1.29, 1.82) is 0 Å². The van der Waals surface area contributed by atoms with E-state index in [1.807, 2.05) is 48.7 Å². The number of carbonyl (C=O) groups is 1. The Balaban J connectivity index is 0.00000841. The van der Waals surface area contributed by atoms with E-state index < -0.39 is 17.2 Å². The molecule has 30 heavy (non-hydrogen) atoms. The van der Waals surface area contributed by atoms with Crippen molar-refractivity contribution in [3.63, 3.8) is 0 Å². The van der Waals surface area contributed by atoms with Crippen molar-refractivity contribution in [2.75, 3.05) is 34.2 Å². The van der Waals surface area contributed by atoms with E-state index in [9.17, 15) is 9.18 Å². The average Bonchev–Trinajstić information content (AvgIpc) is 2.56. The Bertz CT molecular complexity index is 688. The van der Waals surface area contributed by atoms with Crippen molar-refractivity contribution in [3.8, 4) is 0 Å². The molecule has 0 bridgehead atoms. The molecule has 1 aromatic carbocycles. The fourth-order valence-corrected chi connectivity index (χ4v) is 2.63. The number of hydrogen-bond acceptors (Lipinski definition) is 4. The van der Waals surface area contributed by atoms with Gasteiger partial charge in [-0.15, -0.1) is 24.0 Å². The molecule has 1 amide bonds. The zero-order valence-electron chi connectivity index (χ0n) is 19.3. The molecule has 0 saturated carbocycles. The minimum Gasteiger partial charge on any atom is -0.444 e. The van der Waals surface area contributed by atoms with Gasteiger partial charge in [0.05, 0.1) is 11.6 Å². The number of nitrogens with zero attached hydrogens (tertiary/aromatic N) is 2. The van der Waals surface area contributed by atoms with E-state index in [2.05, 4.69) is 25.8 Å². The number of benzene rings is 1. The summed E-state index contributed by atoms with van der Waals surface area (Å²) >= 11 is 0. The average molecular weight is 537 g/mol. The summed E-state index contributed by atoms with van der Waals surface area (Å²) in [4.78, 5) is 18.3. The maximum Gasteiger partial charge on any atom is 0.408 e. The van der Waals surface area contributed by atoms with E-state index in [1.165, 1.54) is 12.1 Å². The monoisotopic (exact) mass is 537 g/mol. The number of amides is 1. The Hall–Kier alpha value is -1.62. The summed E-state index contributed by atoms with van der Waals surface area (Å²) in [5.74, 6) is 0.356. The topological polar surface area (TPSA) is 78.0 Å². The summed E-state index contributed by atoms with van der Waals surface area (Å²) in [5, 5.41) is 9.37. The smallest absolute Gasteiger partial charge is 0.408 e. The van der Waals surface area contributed by atoms with E-state index >= 15 is 0 Å². The molecule has 0 radical (unpaired) electrons. The Morgan fingerprint density at radius 2 is 1.70 bits per heavy atom. The SMILES string of the molecule is CN=C(NCC(c1ccc(F)cc1)N(C)C)NCC(C)(C)NC(=O)OC(C)(C)C.I. The summed E-state index contributed by atoms with van der Waals surface area (Å²) in [6.45, 7) is 10.3. The Labute approximate surface area is 197 Å². The number of likely N-dealkylation sites (N-methyl/N-ethyl adjacent to an activating group) is 1. The van der Waals surface area contributed by atoms with Crippen LogP contribution in [0.3, 0.4) is 0 Å². The van der Waals surface area contributed by atoms with Crippen molar-refractivity contribution in [2.45, 2.75) is 51.8 Å². The third kappa shape index (κ3) is 11.0. The molecular formula is C21H37FIN5O2. The second-order valence-electron chi connectivity index (χ2n) is 8.85.